The van der Waals surface area contributed by atoms with Crippen LogP contribution in [0.25, 0.3) is 0 Å². The summed E-state index contributed by atoms with van der Waals surface area (Å²) >= 11 is 0.884. The molecule has 0 aliphatic carbocycles. The number of carbonyl (C=O) groups excluding carboxylic acids is 1. The number of carbonyl (C=O) groups is 1. The van der Waals surface area contributed by atoms with Crippen molar-refractivity contribution in [3.8, 4) is 10.9 Å². The van der Waals surface area contributed by atoms with Gasteiger partial charge in [0.1, 0.15) is 5.75 Å². The van der Waals surface area contributed by atoms with E-state index in [0.29, 0.717) is 23.4 Å². The van der Waals surface area contributed by atoms with Crippen LogP contribution in [0.5, 0.6) is 10.9 Å². The van der Waals surface area contributed by atoms with Gasteiger partial charge in [-0.25, -0.2) is 8.42 Å². The van der Waals surface area contributed by atoms with Crippen molar-refractivity contribution in [3.05, 3.63) is 101 Å². The minimum atomic E-state index is -3.72. The SMILES string of the molecule is Cc1ccc(C)c(Oc2nnc(S(=O)(=O)Cc3ccc(C(=O)NCc4ccccc4)cc3)s2)c1. The molecule has 0 fully saturated rings. The number of hydrogen-bond donors (Lipinski definition) is 1. The Morgan fingerprint density at radius 3 is 2.41 bits per heavy atom. The molecular weight excluding hydrogens is 470 g/mol. The molecule has 1 N–H and O–H groups in total. The van der Waals surface area contributed by atoms with Crippen molar-refractivity contribution in [3.63, 3.8) is 0 Å². The molecule has 0 aliphatic rings. The molecule has 174 valence electrons. The molecule has 1 aromatic heterocycles. The number of sulfone groups is 1. The molecule has 9 heteroatoms. The van der Waals surface area contributed by atoms with Crippen molar-refractivity contribution in [1.82, 2.24) is 15.5 Å². The second-order valence-corrected chi connectivity index (χ2v) is 10.9. The molecule has 4 aromatic rings. The van der Waals surface area contributed by atoms with Crippen LogP contribution in [0.1, 0.15) is 32.6 Å². The van der Waals surface area contributed by atoms with Crippen LogP contribution in [0, 0.1) is 13.8 Å². The van der Waals surface area contributed by atoms with E-state index in [9.17, 15) is 13.2 Å². The van der Waals surface area contributed by atoms with Crippen molar-refractivity contribution in [2.24, 2.45) is 0 Å². The molecule has 0 saturated carbocycles. The van der Waals surface area contributed by atoms with E-state index < -0.39 is 9.84 Å². The predicted molar refractivity (Wildman–Crippen MR) is 131 cm³/mol. The van der Waals surface area contributed by atoms with Crippen LogP contribution in [-0.4, -0.2) is 24.5 Å². The first-order valence-electron chi connectivity index (χ1n) is 10.5. The maximum Gasteiger partial charge on any atom is 0.300 e. The first kappa shape index (κ1) is 23.6. The summed E-state index contributed by atoms with van der Waals surface area (Å²) in [6, 6.07) is 21.8. The lowest BCUT2D eigenvalue weighted by Crippen LogP contribution is -2.22. The van der Waals surface area contributed by atoms with Crippen LogP contribution in [0.2, 0.25) is 0 Å². The highest BCUT2D eigenvalue weighted by Gasteiger charge is 2.22. The molecule has 34 heavy (non-hydrogen) atoms. The summed E-state index contributed by atoms with van der Waals surface area (Å²) in [6.07, 6.45) is 0. The lowest BCUT2D eigenvalue weighted by molar-refractivity contribution is 0.0951. The number of rotatable bonds is 8. The summed E-state index contributed by atoms with van der Waals surface area (Å²) in [7, 11) is -3.72. The predicted octanol–water partition coefficient (Wildman–Crippen LogP) is 4.85. The average Bonchev–Trinajstić information content (AvgIpc) is 3.30. The number of ether oxygens (including phenoxy) is 1. The smallest absolute Gasteiger partial charge is 0.300 e. The highest BCUT2D eigenvalue weighted by molar-refractivity contribution is 7.92. The number of nitrogens with zero attached hydrogens (tertiary/aromatic N) is 2. The number of amides is 1. The zero-order valence-corrected chi connectivity index (χ0v) is 20.3. The summed E-state index contributed by atoms with van der Waals surface area (Å²) in [6.45, 7) is 4.26. The highest BCUT2D eigenvalue weighted by atomic mass is 32.2. The van der Waals surface area contributed by atoms with Crippen molar-refractivity contribution >= 4 is 27.1 Å². The number of benzene rings is 3. The molecule has 0 atom stereocenters. The van der Waals surface area contributed by atoms with Gasteiger partial charge in [0.25, 0.3) is 5.91 Å². The Balaban J connectivity index is 1.39. The van der Waals surface area contributed by atoms with Crippen LogP contribution in [0.15, 0.2) is 77.1 Å². The minimum absolute atomic E-state index is 0.113. The first-order chi connectivity index (χ1) is 16.3. The number of aromatic nitrogens is 2. The Kier molecular flexibility index (Phi) is 7.04. The minimum Gasteiger partial charge on any atom is -0.429 e. The maximum atomic E-state index is 12.8. The van der Waals surface area contributed by atoms with Crippen LogP contribution >= 0.6 is 11.3 Å². The Bertz CT molecular complexity index is 1400. The molecule has 0 saturated heterocycles. The molecule has 0 radical (unpaired) electrons. The number of nitrogens with one attached hydrogen (secondary N) is 1. The fourth-order valence-corrected chi connectivity index (χ4v) is 5.45. The van der Waals surface area contributed by atoms with Crippen LogP contribution in [-0.2, 0) is 22.1 Å². The third-order valence-electron chi connectivity index (χ3n) is 5.06. The standard InChI is InChI=1S/C25H23N3O4S2/c1-17-8-9-18(2)22(14-17)32-24-27-28-25(33-24)34(30,31)16-20-10-12-21(13-11-20)23(29)26-15-19-6-4-3-5-7-19/h3-14H,15-16H2,1-2H3,(H,26,29). The third kappa shape index (κ3) is 5.86. The largest absolute Gasteiger partial charge is 0.429 e. The first-order valence-corrected chi connectivity index (χ1v) is 13.0. The van der Waals surface area contributed by atoms with E-state index >= 15 is 0 Å². The Labute approximate surface area is 202 Å². The van der Waals surface area contributed by atoms with Gasteiger partial charge in [-0.2, -0.15) is 0 Å². The van der Waals surface area contributed by atoms with Gasteiger partial charge in [0.05, 0.1) is 5.75 Å². The van der Waals surface area contributed by atoms with Gasteiger partial charge in [0.2, 0.25) is 14.2 Å². The molecule has 7 nitrogen and oxygen atoms in total. The maximum absolute atomic E-state index is 12.8. The van der Waals surface area contributed by atoms with Crippen molar-refractivity contribution in [1.29, 1.82) is 0 Å². The summed E-state index contributed by atoms with van der Waals surface area (Å²) in [5, 5.41) is 10.7. The van der Waals surface area contributed by atoms with E-state index in [1.165, 1.54) is 0 Å². The molecular formula is C25H23N3O4S2. The van der Waals surface area contributed by atoms with E-state index in [4.69, 9.17) is 4.74 Å². The average molecular weight is 494 g/mol. The van der Waals surface area contributed by atoms with E-state index in [1.807, 2.05) is 62.4 Å². The Morgan fingerprint density at radius 1 is 0.941 bits per heavy atom. The monoisotopic (exact) mass is 493 g/mol. The molecule has 0 unspecified atom stereocenters. The van der Waals surface area contributed by atoms with Crippen LogP contribution in [0.4, 0.5) is 0 Å². The zero-order chi connectivity index (χ0) is 24.1. The van der Waals surface area contributed by atoms with E-state index in [0.717, 1.165) is 28.0 Å². The van der Waals surface area contributed by atoms with Crippen molar-refractivity contribution in [2.45, 2.75) is 30.5 Å². The Morgan fingerprint density at radius 2 is 1.68 bits per heavy atom. The fourth-order valence-electron chi connectivity index (χ4n) is 3.19. The van der Waals surface area contributed by atoms with Crippen LogP contribution in [0.3, 0.4) is 0 Å². The van der Waals surface area contributed by atoms with Crippen molar-refractivity contribution < 1.29 is 17.9 Å². The topological polar surface area (TPSA) is 98.2 Å². The zero-order valence-electron chi connectivity index (χ0n) is 18.7. The van der Waals surface area contributed by atoms with Gasteiger partial charge in [-0.05, 0) is 65.6 Å². The second kappa shape index (κ2) is 10.1. The van der Waals surface area contributed by atoms with Crippen molar-refractivity contribution in [2.75, 3.05) is 0 Å². The highest BCUT2D eigenvalue weighted by Crippen LogP contribution is 2.31. The Hall–Kier alpha value is -3.56. The quantitative estimate of drug-likeness (QED) is 0.377. The molecule has 1 amide bonds. The normalized spacial score (nSPS) is 11.2. The number of hydrogen-bond acceptors (Lipinski definition) is 7. The van der Waals surface area contributed by atoms with Gasteiger partial charge in [-0.1, -0.05) is 59.7 Å². The molecule has 4 rings (SSSR count). The summed E-state index contributed by atoms with van der Waals surface area (Å²) in [4.78, 5) is 12.4. The lowest BCUT2D eigenvalue weighted by Gasteiger charge is -2.07. The van der Waals surface area contributed by atoms with Gasteiger partial charge in [0, 0.05) is 12.1 Å². The van der Waals surface area contributed by atoms with Gasteiger partial charge < -0.3 is 10.1 Å². The third-order valence-corrected chi connectivity index (χ3v) is 8.00. The van der Waals surface area contributed by atoms with Gasteiger partial charge in [0.15, 0.2) is 0 Å². The molecule has 0 bridgehead atoms. The van der Waals surface area contributed by atoms with Gasteiger partial charge in [-0.15, -0.1) is 5.10 Å². The molecule has 1 heterocycles. The van der Waals surface area contributed by atoms with E-state index in [1.54, 1.807) is 24.3 Å². The fraction of sp³-hybridized carbons (Fsp3) is 0.160. The van der Waals surface area contributed by atoms with Gasteiger partial charge in [-0.3, -0.25) is 4.79 Å². The second-order valence-electron chi connectivity index (χ2n) is 7.83. The molecule has 3 aromatic carbocycles. The molecule has 0 aliphatic heterocycles. The number of aryl methyl sites for hydroxylation is 2. The lowest BCUT2D eigenvalue weighted by atomic mass is 10.1. The van der Waals surface area contributed by atoms with E-state index in [2.05, 4.69) is 15.5 Å². The summed E-state index contributed by atoms with van der Waals surface area (Å²) in [5.74, 6) is 0.133. The van der Waals surface area contributed by atoms with E-state index in [-0.39, 0.29) is 21.2 Å². The van der Waals surface area contributed by atoms with Gasteiger partial charge >= 0.3 is 5.19 Å². The summed E-state index contributed by atoms with van der Waals surface area (Å²) < 4.78 is 31.3. The van der Waals surface area contributed by atoms with Crippen LogP contribution < -0.4 is 10.1 Å². The molecule has 0 spiro atoms. The summed E-state index contributed by atoms with van der Waals surface area (Å²) in [5.41, 5.74) is 3.94.